The summed E-state index contributed by atoms with van der Waals surface area (Å²) in [6.45, 7) is 4.40. The van der Waals surface area contributed by atoms with Crippen LogP contribution in [0, 0.1) is 18.1 Å². The third kappa shape index (κ3) is 6.54. The zero-order valence-corrected chi connectivity index (χ0v) is 23.2. The summed E-state index contributed by atoms with van der Waals surface area (Å²) in [4.78, 5) is 13.4. The molecule has 0 atom stereocenters. The van der Waals surface area contributed by atoms with Gasteiger partial charge in [0.1, 0.15) is 0 Å². The number of aromatic nitrogens is 3. The third-order valence-corrected chi connectivity index (χ3v) is 5.91. The van der Waals surface area contributed by atoms with Gasteiger partial charge in [0.2, 0.25) is 0 Å². The van der Waals surface area contributed by atoms with E-state index in [9.17, 15) is 0 Å². The van der Waals surface area contributed by atoms with Gasteiger partial charge in [0.05, 0.1) is 5.82 Å². The first kappa shape index (κ1) is 26.3. The van der Waals surface area contributed by atoms with Crippen molar-refractivity contribution in [3.63, 3.8) is 0 Å². The van der Waals surface area contributed by atoms with Crippen molar-refractivity contribution in [2.75, 3.05) is 0 Å². The predicted molar refractivity (Wildman–Crippen MR) is 148 cm³/mol. The van der Waals surface area contributed by atoms with Crippen LogP contribution in [0.5, 0.6) is 0 Å². The van der Waals surface area contributed by atoms with Crippen LogP contribution in [0.15, 0.2) is 110 Å². The zero-order valence-electron chi connectivity index (χ0n) is 20.9. The van der Waals surface area contributed by atoms with Gasteiger partial charge in [-0.1, -0.05) is 62.4 Å². The van der Waals surface area contributed by atoms with Gasteiger partial charge in [-0.05, 0) is 40.4 Å². The summed E-state index contributed by atoms with van der Waals surface area (Å²) < 4.78 is 0. The maximum atomic E-state index is 4.49. The van der Waals surface area contributed by atoms with Crippen LogP contribution >= 0.6 is 0 Å². The van der Waals surface area contributed by atoms with Crippen molar-refractivity contribution < 1.29 is 20.1 Å². The fourth-order valence-electron chi connectivity index (χ4n) is 4.21. The molecule has 37 heavy (non-hydrogen) atoms. The molecule has 0 spiro atoms. The molecule has 0 bridgehead atoms. The second-order valence-corrected chi connectivity index (χ2v) is 9.14. The predicted octanol–water partition coefficient (Wildman–Crippen LogP) is 7.99. The molecule has 6 rings (SSSR count). The molecule has 185 valence electrons. The Morgan fingerprint density at radius 3 is 2.24 bits per heavy atom. The average molecular weight is 658 g/mol. The van der Waals surface area contributed by atoms with Gasteiger partial charge >= 0.3 is 0 Å². The van der Waals surface area contributed by atoms with E-state index >= 15 is 0 Å². The van der Waals surface area contributed by atoms with Gasteiger partial charge in [-0.15, -0.1) is 70.4 Å². The van der Waals surface area contributed by atoms with Crippen LogP contribution in [-0.4, -0.2) is 15.0 Å². The first-order valence-electron chi connectivity index (χ1n) is 12.2. The van der Waals surface area contributed by atoms with Gasteiger partial charge in [0.15, 0.2) is 0 Å². The van der Waals surface area contributed by atoms with Crippen LogP contribution in [-0.2, 0) is 26.5 Å². The van der Waals surface area contributed by atoms with Gasteiger partial charge < -0.3 is 4.98 Å². The van der Waals surface area contributed by atoms with E-state index in [1.54, 1.807) is 0 Å². The molecule has 4 heteroatoms. The van der Waals surface area contributed by atoms with Crippen molar-refractivity contribution in [2.45, 2.75) is 20.3 Å². The molecule has 0 aliphatic carbocycles. The Balaban J connectivity index is 0.000000184. The summed E-state index contributed by atoms with van der Waals surface area (Å²) in [6.07, 6.45) is 6.67. The fourth-order valence-corrected chi connectivity index (χ4v) is 4.21. The average Bonchev–Trinajstić information content (AvgIpc) is 2.94. The Bertz CT molecular complexity index is 1520. The van der Waals surface area contributed by atoms with Crippen molar-refractivity contribution in [1.29, 1.82) is 0 Å². The normalized spacial score (nSPS) is 10.6. The second-order valence-electron chi connectivity index (χ2n) is 9.14. The number of fused-ring (bicyclic) bond motifs is 3. The van der Waals surface area contributed by atoms with Crippen LogP contribution in [0.25, 0.3) is 44.2 Å². The Labute approximate surface area is 232 Å². The molecule has 0 saturated carbocycles. The molecule has 1 radical (unpaired) electrons. The molecule has 4 aromatic carbocycles. The molecule has 0 fully saturated rings. The van der Waals surface area contributed by atoms with Crippen LogP contribution in [0.4, 0.5) is 0 Å². The van der Waals surface area contributed by atoms with E-state index in [0.717, 1.165) is 34.3 Å². The van der Waals surface area contributed by atoms with Gasteiger partial charge in [0.25, 0.3) is 0 Å². The molecule has 0 saturated heterocycles. The Morgan fingerprint density at radius 1 is 0.703 bits per heavy atom. The van der Waals surface area contributed by atoms with Gasteiger partial charge in [-0.3, -0.25) is 9.97 Å². The first-order chi connectivity index (χ1) is 17.7. The number of rotatable bonds is 4. The van der Waals surface area contributed by atoms with Crippen LogP contribution < -0.4 is 0 Å². The monoisotopic (exact) mass is 658 g/mol. The minimum Gasteiger partial charge on any atom is -0.304 e. The summed E-state index contributed by atoms with van der Waals surface area (Å²) in [5.41, 5.74) is 5.49. The summed E-state index contributed by atoms with van der Waals surface area (Å²) in [6, 6.07) is 37.1. The van der Waals surface area contributed by atoms with Crippen LogP contribution in [0.2, 0.25) is 0 Å². The quantitative estimate of drug-likeness (QED) is 0.143. The first-order valence-corrected chi connectivity index (χ1v) is 12.2. The zero-order chi connectivity index (χ0) is 24.7. The van der Waals surface area contributed by atoms with Crippen molar-refractivity contribution >= 4 is 21.7 Å². The summed E-state index contributed by atoms with van der Waals surface area (Å²) in [7, 11) is 0. The van der Waals surface area contributed by atoms with E-state index in [2.05, 4.69) is 89.5 Å². The van der Waals surface area contributed by atoms with E-state index in [4.69, 9.17) is 0 Å². The van der Waals surface area contributed by atoms with E-state index < -0.39 is 0 Å². The minimum atomic E-state index is 0. The SMILES string of the molecule is CC(C)Cc1cnc(-c2[c-]ccc(-c3ccccc3)c2)nc1.[Ir].[c-]1cccc2ccc3cccnc3c12. The summed E-state index contributed by atoms with van der Waals surface area (Å²) >= 11 is 0. The van der Waals surface area contributed by atoms with Crippen molar-refractivity contribution in [1.82, 2.24) is 15.0 Å². The number of benzene rings is 4. The van der Waals surface area contributed by atoms with Crippen molar-refractivity contribution in [3.05, 3.63) is 127 Å². The maximum absolute atomic E-state index is 4.49. The standard InChI is InChI=1S/C20H19N2.C13H8N.Ir/c1-15(2)11-16-13-21-20(22-14-16)19-10-6-9-18(12-19)17-7-4-3-5-8-17;1-2-6-12-10(4-1)7-8-11-5-3-9-14-13(11)12;/h3-9,12-15H,11H2,1-2H3;1-5,7-9H;/q2*-1;. The van der Waals surface area contributed by atoms with Gasteiger partial charge in [-0.2, -0.15) is 0 Å². The molecule has 0 aliphatic heterocycles. The Kier molecular flexibility index (Phi) is 8.90. The van der Waals surface area contributed by atoms with Gasteiger partial charge in [-0.25, -0.2) is 0 Å². The van der Waals surface area contributed by atoms with Gasteiger partial charge in [0, 0.05) is 38.7 Å². The topological polar surface area (TPSA) is 38.7 Å². The van der Waals surface area contributed by atoms with Crippen molar-refractivity contribution in [3.8, 4) is 22.5 Å². The fraction of sp³-hybridized carbons (Fsp3) is 0.121. The third-order valence-electron chi connectivity index (χ3n) is 5.91. The molecule has 0 aliphatic rings. The van der Waals surface area contributed by atoms with E-state index in [0.29, 0.717) is 5.92 Å². The number of pyridine rings is 1. The molecule has 0 unspecified atom stereocenters. The van der Waals surface area contributed by atoms with Crippen LogP contribution in [0.1, 0.15) is 19.4 Å². The number of hydrogen-bond acceptors (Lipinski definition) is 3. The summed E-state index contributed by atoms with van der Waals surface area (Å²) in [5.74, 6) is 1.34. The molecule has 6 aromatic rings. The summed E-state index contributed by atoms with van der Waals surface area (Å²) in [5, 5.41) is 3.46. The minimum absolute atomic E-state index is 0. The molecule has 2 heterocycles. The van der Waals surface area contributed by atoms with E-state index in [-0.39, 0.29) is 20.1 Å². The molecule has 0 N–H and O–H groups in total. The largest absolute Gasteiger partial charge is 0.304 e. The number of hydrogen-bond donors (Lipinski definition) is 0. The molecule has 3 nitrogen and oxygen atoms in total. The Hall–Kier alpha value is -3.72. The Morgan fingerprint density at radius 2 is 1.46 bits per heavy atom. The molecule has 2 aromatic heterocycles. The second kappa shape index (κ2) is 12.5. The number of nitrogens with zero attached hydrogens (tertiary/aromatic N) is 3. The smallest absolute Gasteiger partial charge is 0.0748 e. The van der Waals surface area contributed by atoms with E-state index in [1.807, 2.05) is 61.1 Å². The molecule has 0 amide bonds. The molecular weight excluding hydrogens is 631 g/mol. The van der Waals surface area contributed by atoms with E-state index in [1.165, 1.54) is 21.9 Å². The van der Waals surface area contributed by atoms with Crippen LogP contribution in [0.3, 0.4) is 0 Å². The molecular formula is C33H27IrN3-2. The van der Waals surface area contributed by atoms with Crippen molar-refractivity contribution in [2.24, 2.45) is 5.92 Å². The maximum Gasteiger partial charge on any atom is 0.0748 e.